The van der Waals surface area contributed by atoms with Crippen molar-refractivity contribution in [1.29, 1.82) is 5.26 Å². The van der Waals surface area contributed by atoms with E-state index in [1.165, 1.54) is 37.7 Å². The first-order valence-electron chi connectivity index (χ1n) is 16.5. The van der Waals surface area contributed by atoms with Gasteiger partial charge in [-0.25, -0.2) is 19.6 Å². The van der Waals surface area contributed by atoms with Crippen molar-refractivity contribution < 1.29 is 28.7 Å². The molecule has 0 radical (unpaired) electrons. The largest absolute Gasteiger partial charge is 0.443 e. The Labute approximate surface area is 307 Å². The molecule has 2 amide bonds. The van der Waals surface area contributed by atoms with Gasteiger partial charge >= 0.3 is 12.2 Å². The van der Waals surface area contributed by atoms with E-state index in [2.05, 4.69) is 26.2 Å². The van der Waals surface area contributed by atoms with Gasteiger partial charge in [-0.1, -0.05) is 11.6 Å². The van der Waals surface area contributed by atoms with Gasteiger partial charge in [0.25, 0.3) is 0 Å². The van der Waals surface area contributed by atoms with Crippen LogP contribution in [0.5, 0.6) is 0 Å². The predicted molar refractivity (Wildman–Crippen MR) is 193 cm³/mol. The lowest BCUT2D eigenvalue weighted by molar-refractivity contribution is 0.0564. The van der Waals surface area contributed by atoms with Crippen LogP contribution < -0.4 is 9.80 Å². The maximum absolute atomic E-state index is 13.0. The van der Waals surface area contributed by atoms with Gasteiger partial charge in [0.2, 0.25) is 0 Å². The Morgan fingerprint density at radius 2 is 1.33 bits per heavy atom. The van der Waals surface area contributed by atoms with Crippen molar-refractivity contribution in [3.8, 4) is 16.6 Å². The monoisotopic (exact) mass is 745 g/mol. The van der Waals surface area contributed by atoms with Crippen molar-refractivity contribution in [2.75, 3.05) is 9.80 Å². The van der Waals surface area contributed by atoms with Crippen molar-refractivity contribution >= 4 is 70.6 Å². The molecule has 5 aromatic heterocycles. The lowest BCUT2D eigenvalue weighted by Crippen LogP contribution is -2.39. The Bertz CT molecular complexity index is 2230. The Morgan fingerprint density at radius 1 is 0.846 bits per heavy atom. The van der Waals surface area contributed by atoms with Crippen LogP contribution in [-0.4, -0.2) is 77.2 Å². The topological polar surface area (TPSA) is 177 Å². The summed E-state index contributed by atoms with van der Waals surface area (Å²) in [7, 11) is 0. The van der Waals surface area contributed by atoms with E-state index < -0.39 is 23.4 Å². The van der Waals surface area contributed by atoms with E-state index in [-0.39, 0.29) is 17.2 Å². The second-order valence-electron chi connectivity index (χ2n) is 14.3. The maximum Gasteiger partial charge on any atom is 0.416 e. The third-order valence-corrected chi connectivity index (χ3v) is 8.86. The summed E-state index contributed by atoms with van der Waals surface area (Å²) in [6, 6.07) is 8.98. The van der Waals surface area contributed by atoms with Crippen LogP contribution in [0, 0.1) is 11.3 Å². The van der Waals surface area contributed by atoms with Crippen LogP contribution in [0.3, 0.4) is 0 Å². The first kappa shape index (κ1) is 36.4. The number of carbonyl (C=O) groups excluding carboxylic acids is 4. The molecule has 270 valence electrons. The van der Waals surface area contributed by atoms with Crippen molar-refractivity contribution in [3.05, 3.63) is 57.8 Å². The van der Waals surface area contributed by atoms with Gasteiger partial charge < -0.3 is 9.47 Å². The summed E-state index contributed by atoms with van der Waals surface area (Å²) in [5, 5.41) is 17.8. The van der Waals surface area contributed by atoms with Crippen molar-refractivity contribution in [2.45, 2.75) is 90.5 Å². The lowest BCUT2D eigenvalue weighted by Gasteiger charge is -2.27. The molecule has 0 spiro atoms. The van der Waals surface area contributed by atoms with Crippen molar-refractivity contribution in [3.63, 3.8) is 0 Å². The molecule has 0 unspecified atom stereocenters. The number of nitriles is 1. The highest BCUT2D eigenvalue weighted by molar-refractivity contribution is 7.15. The van der Waals surface area contributed by atoms with E-state index in [0.29, 0.717) is 57.2 Å². The van der Waals surface area contributed by atoms with Gasteiger partial charge in [0.1, 0.15) is 38.9 Å². The first-order valence-corrected chi connectivity index (χ1v) is 17.7. The zero-order valence-corrected chi connectivity index (χ0v) is 30.9. The standard InChI is InChI=1S/C20H19N5O3S.C15H17ClN4O3/c1-20(2,3)28-19(27)24(13-4-5-13)17-8-15(16-7-6-14(9-21)29-16)23-18-12(11-26)10-22-25(17)18;1-15(2,3)23-14(22)19(10-4-5-10)12-6-11(16)18-13-9(8-21)7-17-20(12)13/h6-8,10-11,13H,4-5H2,1-3H3;6-8,10H,4-5H2,1-3H3. The van der Waals surface area contributed by atoms with Gasteiger partial charge in [-0.2, -0.15) is 24.5 Å². The average Bonchev–Trinajstić information content (AvgIpc) is 3.93. The first-order chi connectivity index (χ1) is 24.6. The molecule has 0 saturated heterocycles. The Balaban J connectivity index is 0.000000183. The predicted octanol–water partition coefficient (Wildman–Crippen LogP) is 7.14. The van der Waals surface area contributed by atoms with Gasteiger partial charge in [0, 0.05) is 24.2 Å². The number of amides is 2. The fourth-order valence-electron chi connectivity index (χ4n) is 5.22. The molecular weight excluding hydrogens is 710 g/mol. The van der Waals surface area contributed by atoms with Crippen LogP contribution in [0.4, 0.5) is 21.2 Å². The molecule has 2 fully saturated rings. The summed E-state index contributed by atoms with van der Waals surface area (Å²) in [5.41, 5.74) is 0.617. The van der Waals surface area contributed by atoms with E-state index >= 15 is 0 Å². The highest BCUT2D eigenvalue weighted by Gasteiger charge is 2.40. The number of ether oxygens (including phenoxy) is 2. The molecule has 0 aliphatic heterocycles. The van der Waals surface area contributed by atoms with E-state index in [1.807, 2.05) is 41.5 Å². The second-order valence-corrected chi connectivity index (χ2v) is 15.8. The Hall–Kier alpha value is -5.40. The minimum absolute atomic E-state index is 0.00480. The normalized spacial score (nSPS) is 14.3. The highest BCUT2D eigenvalue weighted by Crippen LogP contribution is 2.37. The number of carbonyl (C=O) groups is 4. The fraction of sp³-hybridized carbons (Fsp3) is 0.400. The van der Waals surface area contributed by atoms with E-state index in [4.69, 9.17) is 26.3 Å². The van der Waals surface area contributed by atoms with Gasteiger partial charge in [-0.05, 0) is 79.4 Å². The highest BCUT2D eigenvalue weighted by atomic mass is 35.5. The van der Waals surface area contributed by atoms with Crippen molar-refractivity contribution in [1.82, 2.24) is 29.2 Å². The summed E-state index contributed by atoms with van der Waals surface area (Å²) in [4.78, 5) is 61.3. The Kier molecular flexibility index (Phi) is 9.77. The number of fused-ring (bicyclic) bond motifs is 2. The van der Waals surface area contributed by atoms with Crippen LogP contribution in [-0.2, 0) is 9.47 Å². The van der Waals surface area contributed by atoms with Gasteiger partial charge in [-0.3, -0.25) is 19.4 Å². The average molecular weight is 746 g/mol. The van der Waals surface area contributed by atoms with Crippen LogP contribution >= 0.6 is 22.9 Å². The summed E-state index contributed by atoms with van der Waals surface area (Å²) < 4.78 is 14.0. The molecule has 0 aromatic carbocycles. The minimum Gasteiger partial charge on any atom is -0.443 e. The number of aldehydes is 2. The smallest absolute Gasteiger partial charge is 0.416 e. The zero-order valence-electron chi connectivity index (χ0n) is 29.4. The number of halogens is 1. The number of hydrogen-bond acceptors (Lipinski definition) is 12. The molecule has 0 atom stereocenters. The molecule has 7 rings (SSSR count). The van der Waals surface area contributed by atoms with Gasteiger partial charge in [0.15, 0.2) is 23.9 Å². The molecule has 0 bridgehead atoms. The SMILES string of the molecule is CC(C)(C)OC(=O)N(c1cc(-c2ccc(C#N)s2)nc2c(C=O)cnn12)C1CC1.CC(C)(C)OC(=O)N(c1cc(Cl)nc2c(C=O)cnn12)C1CC1. The van der Waals surface area contributed by atoms with Gasteiger partial charge in [-0.15, -0.1) is 11.3 Å². The number of anilines is 2. The molecular formula is C35H36ClN9O6S. The molecule has 5 aromatic rings. The second kappa shape index (κ2) is 14.0. The molecule has 15 nitrogen and oxygen atoms in total. The minimum atomic E-state index is -0.646. The summed E-state index contributed by atoms with van der Waals surface area (Å²) >= 11 is 7.37. The van der Waals surface area contributed by atoms with Crippen LogP contribution in [0.1, 0.15) is 92.8 Å². The summed E-state index contributed by atoms with van der Waals surface area (Å²) in [5.74, 6) is 0.937. The van der Waals surface area contributed by atoms with E-state index in [1.54, 1.807) is 29.2 Å². The number of rotatable bonds is 7. The summed E-state index contributed by atoms with van der Waals surface area (Å²) in [6.07, 6.45) is 6.71. The number of nitrogens with zero attached hydrogens (tertiary/aromatic N) is 9. The Morgan fingerprint density at radius 3 is 1.75 bits per heavy atom. The maximum atomic E-state index is 13.0. The molecule has 2 aliphatic carbocycles. The molecule has 2 aliphatic rings. The molecule has 52 heavy (non-hydrogen) atoms. The molecule has 2 saturated carbocycles. The summed E-state index contributed by atoms with van der Waals surface area (Å²) in [6.45, 7) is 10.9. The van der Waals surface area contributed by atoms with Crippen molar-refractivity contribution in [2.24, 2.45) is 0 Å². The fourth-order valence-corrected chi connectivity index (χ4v) is 6.16. The van der Waals surface area contributed by atoms with Gasteiger partial charge in [0.05, 0.1) is 34.1 Å². The molecule has 17 heteroatoms. The number of thiophene rings is 1. The third-order valence-electron chi connectivity index (χ3n) is 7.65. The molecule has 0 N–H and O–H groups in total. The quantitative estimate of drug-likeness (QED) is 0.122. The van der Waals surface area contributed by atoms with Crippen LogP contribution in [0.25, 0.3) is 21.9 Å². The van der Waals surface area contributed by atoms with Crippen LogP contribution in [0.15, 0.2) is 36.7 Å². The van der Waals surface area contributed by atoms with Crippen LogP contribution in [0.2, 0.25) is 5.15 Å². The number of aromatic nitrogens is 6. The lowest BCUT2D eigenvalue weighted by atomic mass is 10.2. The van der Waals surface area contributed by atoms with E-state index in [9.17, 15) is 19.2 Å². The zero-order chi connectivity index (χ0) is 37.5. The van der Waals surface area contributed by atoms with E-state index in [0.717, 1.165) is 30.6 Å². The third kappa shape index (κ3) is 7.90. The number of hydrogen-bond donors (Lipinski definition) is 0. The molecule has 5 heterocycles.